The number of hydrogen-bond donors (Lipinski definition) is 1. The molecule has 2 nitrogen and oxygen atoms in total. The Balaban J connectivity index is 1.99. The molecule has 0 spiro atoms. The minimum absolute atomic E-state index is 0.190. The molecule has 0 aliphatic heterocycles. The molecule has 0 atom stereocenters. The summed E-state index contributed by atoms with van der Waals surface area (Å²) >= 11 is 0. The molecule has 0 aromatic heterocycles. The third-order valence-electron chi connectivity index (χ3n) is 4.04. The summed E-state index contributed by atoms with van der Waals surface area (Å²) in [6, 6.07) is 5.34. The van der Waals surface area contributed by atoms with Crippen molar-refractivity contribution < 1.29 is 17.9 Å². The molecule has 1 aromatic rings. The molecule has 0 radical (unpaired) electrons. The van der Waals surface area contributed by atoms with E-state index in [-0.39, 0.29) is 18.8 Å². The predicted molar refractivity (Wildman–Crippen MR) is 77.9 cm³/mol. The number of alkyl halides is 3. The van der Waals surface area contributed by atoms with Crippen LogP contribution in [0.25, 0.3) is 6.08 Å². The fraction of sp³-hybridized carbons (Fsp3) is 0.500. The first-order valence-corrected chi connectivity index (χ1v) is 7.08. The molecule has 116 valence electrons. The molecule has 1 aliphatic rings. The first-order valence-electron chi connectivity index (χ1n) is 7.08. The Kier molecular flexibility index (Phi) is 4.80. The van der Waals surface area contributed by atoms with Crippen LogP contribution < -0.4 is 10.5 Å². The van der Waals surface area contributed by atoms with Gasteiger partial charge in [0.1, 0.15) is 5.75 Å². The summed E-state index contributed by atoms with van der Waals surface area (Å²) in [6.07, 6.45) is 1.40. The number of ether oxygens (including phenoxy) is 1. The largest absolute Gasteiger partial charge is 0.496 e. The van der Waals surface area contributed by atoms with E-state index in [0.717, 1.165) is 5.56 Å². The van der Waals surface area contributed by atoms with Crippen LogP contribution in [0, 0.1) is 11.8 Å². The number of nitrogen functional groups attached to an aromatic ring is 1. The molecule has 0 bridgehead atoms. The highest BCUT2D eigenvalue weighted by Crippen LogP contribution is 2.40. The van der Waals surface area contributed by atoms with E-state index < -0.39 is 12.1 Å². The van der Waals surface area contributed by atoms with E-state index in [2.05, 4.69) is 0 Å². The highest BCUT2D eigenvalue weighted by molar-refractivity contribution is 5.62. The Morgan fingerprint density at radius 1 is 1.19 bits per heavy atom. The van der Waals surface area contributed by atoms with Crippen molar-refractivity contribution in [1.29, 1.82) is 0 Å². The monoisotopic (exact) mass is 299 g/mol. The van der Waals surface area contributed by atoms with Crippen LogP contribution in [-0.2, 0) is 0 Å². The van der Waals surface area contributed by atoms with Crippen molar-refractivity contribution >= 4 is 11.8 Å². The maximum Gasteiger partial charge on any atom is 0.391 e. The van der Waals surface area contributed by atoms with Crippen LogP contribution in [0.3, 0.4) is 0 Å². The third kappa shape index (κ3) is 4.16. The van der Waals surface area contributed by atoms with Crippen LogP contribution >= 0.6 is 0 Å². The Hall–Kier alpha value is -1.65. The van der Waals surface area contributed by atoms with E-state index in [4.69, 9.17) is 10.5 Å². The molecule has 0 saturated heterocycles. The number of rotatable bonds is 3. The van der Waals surface area contributed by atoms with Gasteiger partial charge in [-0.1, -0.05) is 12.2 Å². The summed E-state index contributed by atoms with van der Waals surface area (Å²) in [5.41, 5.74) is 7.23. The number of benzene rings is 1. The Labute approximate surface area is 122 Å². The van der Waals surface area contributed by atoms with E-state index in [1.807, 2.05) is 12.2 Å². The summed E-state index contributed by atoms with van der Waals surface area (Å²) in [7, 11) is 1.58. The molecule has 2 N–H and O–H groups in total. The Bertz CT molecular complexity index is 503. The number of anilines is 1. The molecule has 21 heavy (non-hydrogen) atoms. The first-order chi connectivity index (χ1) is 9.90. The van der Waals surface area contributed by atoms with Gasteiger partial charge in [-0.25, -0.2) is 0 Å². The van der Waals surface area contributed by atoms with Crippen LogP contribution in [0.2, 0.25) is 0 Å². The van der Waals surface area contributed by atoms with Crippen LogP contribution in [0.4, 0.5) is 18.9 Å². The van der Waals surface area contributed by atoms with Crippen molar-refractivity contribution in [1.82, 2.24) is 0 Å². The van der Waals surface area contributed by atoms with Gasteiger partial charge in [0.05, 0.1) is 13.0 Å². The molecule has 1 fully saturated rings. The topological polar surface area (TPSA) is 35.2 Å². The summed E-state index contributed by atoms with van der Waals surface area (Å²) in [5.74, 6) is -0.233. The van der Waals surface area contributed by atoms with Crippen molar-refractivity contribution in [2.24, 2.45) is 11.8 Å². The van der Waals surface area contributed by atoms with Crippen molar-refractivity contribution in [2.75, 3.05) is 12.8 Å². The normalized spacial score (nSPS) is 23.4. The van der Waals surface area contributed by atoms with Gasteiger partial charge in [-0.15, -0.1) is 0 Å². The lowest BCUT2D eigenvalue weighted by Gasteiger charge is -2.28. The Morgan fingerprint density at radius 2 is 1.86 bits per heavy atom. The van der Waals surface area contributed by atoms with Gasteiger partial charge >= 0.3 is 6.18 Å². The molecular formula is C16H20F3NO. The molecular weight excluding hydrogens is 279 g/mol. The zero-order chi connectivity index (χ0) is 15.5. The number of nitrogens with two attached hydrogens (primary N) is 1. The molecule has 2 rings (SSSR count). The average Bonchev–Trinajstić information content (AvgIpc) is 2.45. The van der Waals surface area contributed by atoms with E-state index in [9.17, 15) is 13.2 Å². The van der Waals surface area contributed by atoms with Crippen LogP contribution in [-0.4, -0.2) is 13.3 Å². The Morgan fingerprint density at radius 3 is 2.43 bits per heavy atom. The highest BCUT2D eigenvalue weighted by atomic mass is 19.4. The smallest absolute Gasteiger partial charge is 0.391 e. The van der Waals surface area contributed by atoms with Crippen LogP contribution in [0.15, 0.2) is 24.3 Å². The molecule has 0 unspecified atom stereocenters. The number of allylic oxidation sites excluding steroid dienone is 1. The maximum atomic E-state index is 12.6. The summed E-state index contributed by atoms with van der Waals surface area (Å²) in [4.78, 5) is 0. The van der Waals surface area contributed by atoms with Gasteiger partial charge in [-0.2, -0.15) is 13.2 Å². The molecule has 1 aliphatic carbocycles. The van der Waals surface area contributed by atoms with Gasteiger partial charge in [0, 0.05) is 11.3 Å². The van der Waals surface area contributed by atoms with E-state index >= 15 is 0 Å². The molecule has 1 saturated carbocycles. The van der Waals surface area contributed by atoms with E-state index in [0.29, 0.717) is 24.3 Å². The SMILES string of the molecule is COc1ccc(N)cc1/C=C/C1CCC(C(F)(F)F)CC1. The van der Waals surface area contributed by atoms with Crippen molar-refractivity contribution in [2.45, 2.75) is 31.9 Å². The van der Waals surface area contributed by atoms with Crippen LogP contribution in [0.1, 0.15) is 31.2 Å². The van der Waals surface area contributed by atoms with Crippen LogP contribution in [0.5, 0.6) is 5.75 Å². The number of halogens is 3. The van der Waals surface area contributed by atoms with Gasteiger partial charge in [0.25, 0.3) is 0 Å². The van der Waals surface area contributed by atoms with Gasteiger partial charge in [-0.3, -0.25) is 0 Å². The van der Waals surface area contributed by atoms with Gasteiger partial charge in [0.15, 0.2) is 0 Å². The zero-order valence-corrected chi connectivity index (χ0v) is 12.0. The second-order valence-corrected chi connectivity index (χ2v) is 5.51. The van der Waals surface area contributed by atoms with Crippen molar-refractivity contribution in [3.8, 4) is 5.75 Å². The van der Waals surface area contributed by atoms with E-state index in [1.165, 1.54) is 0 Å². The first kappa shape index (κ1) is 15.7. The fourth-order valence-corrected chi connectivity index (χ4v) is 2.76. The molecule has 0 heterocycles. The average molecular weight is 299 g/mol. The summed E-state index contributed by atoms with van der Waals surface area (Å²) in [5, 5.41) is 0. The zero-order valence-electron chi connectivity index (χ0n) is 12.0. The fourth-order valence-electron chi connectivity index (χ4n) is 2.76. The third-order valence-corrected chi connectivity index (χ3v) is 4.04. The lowest BCUT2D eigenvalue weighted by Crippen LogP contribution is -2.27. The van der Waals surface area contributed by atoms with Crippen molar-refractivity contribution in [3.63, 3.8) is 0 Å². The lowest BCUT2D eigenvalue weighted by molar-refractivity contribution is -0.183. The number of hydrogen-bond acceptors (Lipinski definition) is 2. The second kappa shape index (κ2) is 6.41. The maximum absolute atomic E-state index is 12.6. The van der Waals surface area contributed by atoms with Crippen molar-refractivity contribution in [3.05, 3.63) is 29.8 Å². The van der Waals surface area contributed by atoms with Gasteiger partial charge in [0.2, 0.25) is 0 Å². The molecule has 1 aromatic carbocycles. The lowest BCUT2D eigenvalue weighted by atomic mass is 9.81. The minimum Gasteiger partial charge on any atom is -0.496 e. The van der Waals surface area contributed by atoms with Gasteiger partial charge < -0.3 is 10.5 Å². The molecule has 5 heteroatoms. The van der Waals surface area contributed by atoms with E-state index in [1.54, 1.807) is 25.3 Å². The highest BCUT2D eigenvalue weighted by Gasteiger charge is 2.40. The quantitative estimate of drug-likeness (QED) is 0.824. The van der Waals surface area contributed by atoms with Gasteiger partial charge in [-0.05, 0) is 49.8 Å². The summed E-state index contributed by atoms with van der Waals surface area (Å²) in [6.45, 7) is 0. The molecule has 0 amide bonds. The second-order valence-electron chi connectivity index (χ2n) is 5.51. The standard InChI is InChI=1S/C16H20F3NO/c1-21-15-9-8-14(20)10-12(15)5-2-11-3-6-13(7-4-11)16(17,18)19/h2,5,8-11,13H,3-4,6-7,20H2,1H3/b5-2+. The summed E-state index contributed by atoms with van der Waals surface area (Å²) < 4.78 is 43.1. The predicted octanol–water partition coefficient (Wildman–Crippen LogP) is 4.66. The number of methoxy groups -OCH3 is 1. The minimum atomic E-state index is -4.05.